The van der Waals surface area contributed by atoms with Gasteiger partial charge in [-0.15, -0.1) is 0 Å². The third-order valence-corrected chi connectivity index (χ3v) is 2.86. The topological polar surface area (TPSA) is 77.7 Å². The molecule has 2 heterocycles. The zero-order chi connectivity index (χ0) is 14.4. The molecule has 0 aliphatic carbocycles. The number of aromatic nitrogens is 3. The quantitative estimate of drug-likeness (QED) is 0.657. The van der Waals surface area contributed by atoms with Crippen LogP contribution in [-0.4, -0.2) is 28.5 Å². The van der Waals surface area contributed by atoms with Gasteiger partial charge in [-0.3, -0.25) is 10.3 Å². The monoisotopic (exact) mass is 268 g/mol. The van der Waals surface area contributed by atoms with Crippen molar-refractivity contribution in [2.45, 2.75) is 13.3 Å². The fourth-order valence-electron chi connectivity index (χ4n) is 1.83. The lowest BCUT2D eigenvalue weighted by molar-refractivity contribution is 0.846. The van der Waals surface area contributed by atoms with Crippen LogP contribution in [0.5, 0.6) is 0 Å². The van der Waals surface area contributed by atoms with Crippen LogP contribution in [0.4, 0.5) is 11.6 Å². The highest BCUT2D eigenvalue weighted by Gasteiger charge is 2.06. The van der Waals surface area contributed by atoms with Gasteiger partial charge in [-0.05, 0) is 25.0 Å². The minimum absolute atomic E-state index is 0.517. The van der Waals surface area contributed by atoms with E-state index in [0.717, 1.165) is 18.8 Å². The van der Waals surface area contributed by atoms with Gasteiger partial charge in [-0.25, -0.2) is 9.97 Å². The summed E-state index contributed by atoms with van der Waals surface area (Å²) in [5.74, 6) is 1.94. The first-order valence-corrected chi connectivity index (χ1v) is 6.30. The number of nitrogens with zero attached hydrogens (tertiary/aromatic N) is 5. The van der Waals surface area contributed by atoms with Gasteiger partial charge < -0.3 is 4.90 Å². The second kappa shape index (κ2) is 6.48. The Hall–Kier alpha value is -2.68. The molecule has 0 bridgehead atoms. The largest absolute Gasteiger partial charge is 0.359 e. The second-order valence-corrected chi connectivity index (χ2v) is 4.43. The molecular weight excluding hydrogens is 252 g/mol. The lowest BCUT2D eigenvalue weighted by Gasteiger charge is -2.18. The van der Waals surface area contributed by atoms with Crippen molar-refractivity contribution in [3.05, 3.63) is 42.0 Å². The standard InChI is InChI=1S/C14H16N6/c1-11-18-13(17-10-15)8-14(19-11)20(2)7-5-12-4-3-6-16-9-12/h3-4,6,8-9H,5,7H2,1-2H3,(H,17,18,19). The normalized spacial score (nSPS) is 9.85. The molecule has 0 amide bonds. The van der Waals surface area contributed by atoms with Crippen molar-refractivity contribution in [1.82, 2.24) is 15.0 Å². The Morgan fingerprint density at radius 2 is 2.25 bits per heavy atom. The van der Waals surface area contributed by atoms with E-state index in [4.69, 9.17) is 5.26 Å². The number of hydrogen-bond donors (Lipinski definition) is 1. The SMILES string of the molecule is Cc1nc(NC#N)cc(N(C)CCc2cccnc2)n1. The number of anilines is 2. The van der Waals surface area contributed by atoms with E-state index in [1.165, 1.54) is 5.56 Å². The van der Waals surface area contributed by atoms with Gasteiger partial charge in [0.15, 0.2) is 6.19 Å². The van der Waals surface area contributed by atoms with Crippen molar-refractivity contribution in [3.63, 3.8) is 0 Å². The highest BCUT2D eigenvalue weighted by molar-refractivity contribution is 5.50. The van der Waals surface area contributed by atoms with Crippen molar-refractivity contribution in [2.75, 3.05) is 23.8 Å². The minimum Gasteiger partial charge on any atom is -0.359 e. The van der Waals surface area contributed by atoms with Crippen molar-refractivity contribution in [1.29, 1.82) is 5.26 Å². The number of nitrogens with one attached hydrogen (secondary N) is 1. The number of nitriles is 1. The minimum atomic E-state index is 0.517. The van der Waals surface area contributed by atoms with Crippen LogP contribution >= 0.6 is 0 Å². The first-order valence-electron chi connectivity index (χ1n) is 6.30. The molecule has 0 saturated heterocycles. The average Bonchev–Trinajstić information content (AvgIpc) is 2.45. The molecule has 2 aromatic rings. The van der Waals surface area contributed by atoms with Crippen LogP contribution in [0.15, 0.2) is 30.6 Å². The smallest absolute Gasteiger partial charge is 0.182 e. The van der Waals surface area contributed by atoms with E-state index < -0.39 is 0 Å². The first kappa shape index (κ1) is 13.7. The van der Waals surface area contributed by atoms with E-state index in [2.05, 4.69) is 26.3 Å². The maximum atomic E-state index is 8.65. The molecule has 1 N–H and O–H groups in total. The molecule has 6 nitrogen and oxygen atoms in total. The van der Waals surface area contributed by atoms with E-state index in [9.17, 15) is 0 Å². The molecule has 2 rings (SSSR count). The molecule has 0 aliphatic heterocycles. The first-order chi connectivity index (χ1) is 9.69. The summed E-state index contributed by atoms with van der Waals surface area (Å²) < 4.78 is 0. The molecule has 0 atom stereocenters. The molecule has 0 spiro atoms. The van der Waals surface area contributed by atoms with Crippen molar-refractivity contribution < 1.29 is 0 Å². The second-order valence-electron chi connectivity index (χ2n) is 4.43. The maximum Gasteiger partial charge on any atom is 0.182 e. The van der Waals surface area contributed by atoms with Crippen LogP contribution in [0, 0.1) is 18.4 Å². The van der Waals surface area contributed by atoms with E-state index in [1.807, 2.05) is 30.4 Å². The van der Waals surface area contributed by atoms with Crippen molar-refractivity contribution in [3.8, 4) is 6.19 Å². The Morgan fingerprint density at radius 1 is 1.40 bits per heavy atom. The highest BCUT2D eigenvalue weighted by Crippen LogP contribution is 2.14. The Balaban J connectivity index is 2.05. The lowest BCUT2D eigenvalue weighted by atomic mass is 10.2. The Labute approximate surface area is 118 Å². The molecule has 20 heavy (non-hydrogen) atoms. The van der Waals surface area contributed by atoms with E-state index in [1.54, 1.807) is 19.2 Å². The predicted molar refractivity (Wildman–Crippen MR) is 77.2 cm³/mol. The number of aryl methyl sites for hydroxylation is 1. The third-order valence-electron chi connectivity index (χ3n) is 2.86. The fourth-order valence-corrected chi connectivity index (χ4v) is 1.83. The molecule has 0 radical (unpaired) electrons. The summed E-state index contributed by atoms with van der Waals surface area (Å²) in [6.07, 6.45) is 6.38. The van der Waals surface area contributed by atoms with Crippen LogP contribution < -0.4 is 10.2 Å². The lowest BCUT2D eigenvalue weighted by Crippen LogP contribution is -2.22. The number of hydrogen-bond acceptors (Lipinski definition) is 6. The molecule has 0 aliphatic rings. The Kier molecular flexibility index (Phi) is 4.45. The molecule has 0 aromatic carbocycles. The summed E-state index contributed by atoms with van der Waals surface area (Å²) in [6.45, 7) is 2.62. The molecule has 0 fully saturated rings. The average molecular weight is 268 g/mol. The van der Waals surface area contributed by atoms with E-state index in [0.29, 0.717) is 11.6 Å². The molecular formula is C14H16N6. The van der Waals surface area contributed by atoms with Gasteiger partial charge in [0.1, 0.15) is 17.5 Å². The van der Waals surface area contributed by atoms with Gasteiger partial charge in [-0.2, -0.15) is 5.26 Å². The van der Waals surface area contributed by atoms with E-state index in [-0.39, 0.29) is 0 Å². The zero-order valence-electron chi connectivity index (χ0n) is 11.5. The van der Waals surface area contributed by atoms with Gasteiger partial charge in [0.2, 0.25) is 0 Å². The van der Waals surface area contributed by atoms with Crippen LogP contribution in [0.2, 0.25) is 0 Å². The summed E-state index contributed by atoms with van der Waals surface area (Å²) in [5, 5.41) is 11.2. The van der Waals surface area contributed by atoms with Crippen LogP contribution in [0.1, 0.15) is 11.4 Å². The van der Waals surface area contributed by atoms with Gasteiger partial charge >= 0.3 is 0 Å². The van der Waals surface area contributed by atoms with Crippen LogP contribution in [0.3, 0.4) is 0 Å². The molecule has 0 saturated carbocycles. The third kappa shape index (κ3) is 3.65. The zero-order valence-corrected chi connectivity index (χ0v) is 11.5. The summed E-state index contributed by atoms with van der Waals surface area (Å²) >= 11 is 0. The molecule has 6 heteroatoms. The number of pyridine rings is 1. The summed E-state index contributed by atoms with van der Waals surface area (Å²) in [6, 6.07) is 5.74. The van der Waals surface area contributed by atoms with Gasteiger partial charge in [0.25, 0.3) is 0 Å². The van der Waals surface area contributed by atoms with E-state index >= 15 is 0 Å². The van der Waals surface area contributed by atoms with Crippen LogP contribution in [-0.2, 0) is 6.42 Å². The maximum absolute atomic E-state index is 8.65. The number of rotatable bonds is 5. The van der Waals surface area contributed by atoms with Crippen LogP contribution in [0.25, 0.3) is 0 Å². The van der Waals surface area contributed by atoms with Crippen molar-refractivity contribution in [2.24, 2.45) is 0 Å². The highest BCUT2D eigenvalue weighted by atomic mass is 15.2. The summed E-state index contributed by atoms with van der Waals surface area (Å²) in [7, 11) is 1.97. The van der Waals surface area contributed by atoms with Gasteiger partial charge in [-0.1, -0.05) is 6.07 Å². The Bertz CT molecular complexity index is 605. The predicted octanol–water partition coefficient (Wildman–Crippen LogP) is 1.75. The number of likely N-dealkylation sites (N-methyl/N-ethyl adjacent to an activating group) is 1. The summed E-state index contributed by atoms with van der Waals surface area (Å²) in [5.41, 5.74) is 1.18. The fraction of sp³-hybridized carbons (Fsp3) is 0.286. The Morgan fingerprint density at radius 3 is 2.95 bits per heavy atom. The summed E-state index contributed by atoms with van der Waals surface area (Å²) in [4.78, 5) is 14.7. The molecule has 0 unspecified atom stereocenters. The van der Waals surface area contributed by atoms with Gasteiger partial charge in [0.05, 0.1) is 0 Å². The van der Waals surface area contributed by atoms with Crippen molar-refractivity contribution >= 4 is 11.6 Å². The molecule has 102 valence electrons. The molecule has 2 aromatic heterocycles. The van der Waals surface area contributed by atoms with Gasteiger partial charge in [0, 0.05) is 32.1 Å².